The Morgan fingerprint density at radius 3 is 2.93 bits per heavy atom. The standard InChI is InChI=1S/C9H10FNO2S/c10-7-3-1-4-8-9(7)11-5-2-6-14(8,12)13/h1,3-4,11H,2,5-6H2. The van der Waals surface area contributed by atoms with Gasteiger partial charge < -0.3 is 5.32 Å². The summed E-state index contributed by atoms with van der Waals surface area (Å²) < 4.78 is 36.5. The van der Waals surface area contributed by atoms with Gasteiger partial charge in [-0.1, -0.05) is 6.07 Å². The van der Waals surface area contributed by atoms with E-state index in [1.54, 1.807) is 0 Å². The summed E-state index contributed by atoms with van der Waals surface area (Å²) in [6.07, 6.45) is 0.510. The molecule has 1 aromatic carbocycles. The van der Waals surface area contributed by atoms with E-state index in [0.29, 0.717) is 13.0 Å². The SMILES string of the molecule is O=S1(=O)CCCNc2c(F)cccc21. The fourth-order valence-electron chi connectivity index (χ4n) is 1.52. The van der Waals surface area contributed by atoms with E-state index in [-0.39, 0.29) is 16.3 Å². The van der Waals surface area contributed by atoms with E-state index in [1.807, 2.05) is 0 Å². The van der Waals surface area contributed by atoms with Gasteiger partial charge in [0, 0.05) is 6.54 Å². The highest BCUT2D eigenvalue weighted by Gasteiger charge is 2.23. The van der Waals surface area contributed by atoms with E-state index in [0.717, 1.165) is 0 Å². The third-order valence-electron chi connectivity index (χ3n) is 2.20. The van der Waals surface area contributed by atoms with Crippen LogP contribution in [0.4, 0.5) is 10.1 Å². The lowest BCUT2D eigenvalue weighted by molar-refractivity contribution is 0.593. The molecule has 0 saturated carbocycles. The van der Waals surface area contributed by atoms with Crippen molar-refractivity contribution in [3.8, 4) is 0 Å². The van der Waals surface area contributed by atoms with Crippen LogP contribution < -0.4 is 5.32 Å². The number of rotatable bonds is 0. The molecule has 1 aliphatic heterocycles. The van der Waals surface area contributed by atoms with Gasteiger partial charge in [0.15, 0.2) is 9.84 Å². The predicted octanol–water partition coefficient (Wildman–Crippen LogP) is 1.42. The molecule has 0 amide bonds. The maximum atomic E-state index is 13.3. The van der Waals surface area contributed by atoms with Crippen LogP contribution in [0.15, 0.2) is 23.1 Å². The molecule has 1 N–H and O–H groups in total. The second kappa shape index (κ2) is 3.24. The van der Waals surface area contributed by atoms with Crippen molar-refractivity contribution in [3.05, 3.63) is 24.0 Å². The summed E-state index contributed by atoms with van der Waals surface area (Å²) in [4.78, 5) is 0.0787. The summed E-state index contributed by atoms with van der Waals surface area (Å²) in [6.45, 7) is 0.493. The molecule has 0 radical (unpaired) electrons. The van der Waals surface area contributed by atoms with Crippen LogP contribution in [0.25, 0.3) is 0 Å². The minimum atomic E-state index is -3.30. The van der Waals surface area contributed by atoms with Crippen LogP contribution >= 0.6 is 0 Å². The molecular formula is C9H10FNO2S. The van der Waals surface area contributed by atoms with Crippen LogP contribution in [0, 0.1) is 5.82 Å². The summed E-state index contributed by atoms with van der Waals surface area (Å²) in [5.74, 6) is -0.427. The smallest absolute Gasteiger partial charge is 0.180 e. The fraction of sp³-hybridized carbons (Fsp3) is 0.333. The third-order valence-corrected chi connectivity index (χ3v) is 4.04. The van der Waals surface area contributed by atoms with Crippen molar-refractivity contribution >= 4 is 15.5 Å². The molecule has 0 spiro atoms. The molecule has 76 valence electrons. The Labute approximate surface area is 81.9 Å². The molecule has 0 aromatic heterocycles. The number of hydrogen-bond acceptors (Lipinski definition) is 3. The first kappa shape index (κ1) is 9.45. The van der Waals surface area contributed by atoms with E-state index in [4.69, 9.17) is 0 Å². The maximum Gasteiger partial charge on any atom is 0.180 e. The first-order valence-corrected chi connectivity index (χ1v) is 6.01. The fourth-order valence-corrected chi connectivity index (χ4v) is 3.03. The maximum absolute atomic E-state index is 13.3. The summed E-state index contributed by atoms with van der Waals surface area (Å²) in [6, 6.07) is 4.11. The molecule has 1 heterocycles. The molecule has 0 saturated heterocycles. The molecule has 3 nitrogen and oxygen atoms in total. The van der Waals surface area contributed by atoms with Crippen molar-refractivity contribution in [1.82, 2.24) is 0 Å². The Bertz CT molecular complexity index is 456. The quantitative estimate of drug-likeness (QED) is 0.711. The van der Waals surface area contributed by atoms with Crippen LogP contribution in [0.1, 0.15) is 6.42 Å². The minimum Gasteiger partial charge on any atom is -0.382 e. The lowest BCUT2D eigenvalue weighted by Crippen LogP contribution is -2.05. The molecule has 1 aromatic rings. The van der Waals surface area contributed by atoms with Gasteiger partial charge in [0.05, 0.1) is 16.3 Å². The Morgan fingerprint density at radius 1 is 1.36 bits per heavy atom. The van der Waals surface area contributed by atoms with Crippen molar-refractivity contribution in [2.24, 2.45) is 0 Å². The van der Waals surface area contributed by atoms with Gasteiger partial charge >= 0.3 is 0 Å². The van der Waals surface area contributed by atoms with E-state index in [1.165, 1.54) is 18.2 Å². The van der Waals surface area contributed by atoms with Crippen molar-refractivity contribution in [1.29, 1.82) is 0 Å². The zero-order valence-corrected chi connectivity index (χ0v) is 8.27. The average Bonchev–Trinajstić information content (AvgIpc) is 2.27. The number of benzene rings is 1. The van der Waals surface area contributed by atoms with Gasteiger partial charge in [0.25, 0.3) is 0 Å². The van der Waals surface area contributed by atoms with Gasteiger partial charge in [-0.15, -0.1) is 0 Å². The monoisotopic (exact) mass is 215 g/mol. The van der Waals surface area contributed by atoms with Gasteiger partial charge in [0.1, 0.15) is 5.82 Å². The largest absolute Gasteiger partial charge is 0.382 e. The van der Waals surface area contributed by atoms with Crippen molar-refractivity contribution < 1.29 is 12.8 Å². The first-order valence-electron chi connectivity index (χ1n) is 4.36. The van der Waals surface area contributed by atoms with Crippen LogP contribution in [0.3, 0.4) is 0 Å². The van der Waals surface area contributed by atoms with Gasteiger partial charge in [-0.3, -0.25) is 0 Å². The third kappa shape index (κ3) is 1.48. The highest BCUT2D eigenvalue weighted by molar-refractivity contribution is 7.91. The summed E-state index contributed by atoms with van der Waals surface area (Å²) in [5.41, 5.74) is 0.116. The number of fused-ring (bicyclic) bond motifs is 1. The molecule has 5 heteroatoms. The van der Waals surface area contributed by atoms with E-state index in [9.17, 15) is 12.8 Å². The van der Waals surface area contributed by atoms with Crippen LogP contribution in [0.5, 0.6) is 0 Å². The number of halogens is 1. The van der Waals surface area contributed by atoms with Gasteiger partial charge in [-0.2, -0.15) is 0 Å². The molecule has 2 rings (SSSR count). The number of sulfone groups is 1. The molecule has 0 aliphatic carbocycles. The Morgan fingerprint density at radius 2 is 2.14 bits per heavy atom. The van der Waals surface area contributed by atoms with Gasteiger partial charge in [0.2, 0.25) is 0 Å². The zero-order chi connectivity index (χ0) is 10.2. The highest BCUT2D eigenvalue weighted by atomic mass is 32.2. The van der Waals surface area contributed by atoms with Crippen LogP contribution in [-0.2, 0) is 9.84 Å². The Balaban J connectivity index is 2.68. The number of nitrogens with one attached hydrogen (secondary N) is 1. The molecule has 14 heavy (non-hydrogen) atoms. The molecule has 0 unspecified atom stereocenters. The molecule has 0 atom stereocenters. The number of hydrogen-bond donors (Lipinski definition) is 1. The van der Waals surface area contributed by atoms with Crippen LogP contribution in [0.2, 0.25) is 0 Å². The Hall–Kier alpha value is -1.10. The highest BCUT2D eigenvalue weighted by Crippen LogP contribution is 2.27. The van der Waals surface area contributed by atoms with Crippen molar-refractivity contribution in [3.63, 3.8) is 0 Å². The first-order chi connectivity index (χ1) is 6.61. The van der Waals surface area contributed by atoms with E-state index in [2.05, 4.69) is 5.32 Å². The summed E-state index contributed by atoms with van der Waals surface area (Å²) in [7, 11) is -3.30. The van der Waals surface area contributed by atoms with Gasteiger partial charge in [-0.25, -0.2) is 12.8 Å². The second-order valence-electron chi connectivity index (χ2n) is 3.21. The normalized spacial score (nSPS) is 19.2. The number of para-hydroxylation sites is 1. The lowest BCUT2D eigenvalue weighted by atomic mass is 10.3. The molecule has 0 bridgehead atoms. The van der Waals surface area contributed by atoms with E-state index >= 15 is 0 Å². The molecule has 1 aliphatic rings. The predicted molar refractivity (Wildman–Crippen MR) is 51.6 cm³/mol. The average molecular weight is 215 g/mol. The van der Waals surface area contributed by atoms with E-state index < -0.39 is 15.7 Å². The zero-order valence-electron chi connectivity index (χ0n) is 7.46. The topological polar surface area (TPSA) is 46.2 Å². The van der Waals surface area contributed by atoms with Crippen LogP contribution in [-0.4, -0.2) is 20.7 Å². The van der Waals surface area contributed by atoms with Gasteiger partial charge in [-0.05, 0) is 18.6 Å². The lowest BCUT2D eigenvalue weighted by Gasteiger charge is -2.07. The number of anilines is 1. The summed E-state index contributed by atoms with van der Waals surface area (Å²) >= 11 is 0. The molecular weight excluding hydrogens is 205 g/mol. The second-order valence-corrected chi connectivity index (χ2v) is 5.29. The van der Waals surface area contributed by atoms with Crippen molar-refractivity contribution in [2.45, 2.75) is 11.3 Å². The summed E-state index contributed by atoms with van der Waals surface area (Å²) in [5, 5.41) is 2.79. The minimum absolute atomic E-state index is 0.0787. The molecule has 0 fully saturated rings. The Kier molecular flexibility index (Phi) is 2.19. The van der Waals surface area contributed by atoms with Crippen molar-refractivity contribution in [2.75, 3.05) is 17.6 Å².